The maximum absolute atomic E-state index is 13.9. The molecule has 1 amide bonds. The molecule has 1 saturated heterocycles. The number of amides is 1. The first kappa shape index (κ1) is 23.3. The van der Waals surface area contributed by atoms with E-state index in [9.17, 15) is 30.4 Å². The summed E-state index contributed by atoms with van der Waals surface area (Å²) in [5.41, 5.74) is 0.461. The van der Waals surface area contributed by atoms with Gasteiger partial charge in [-0.2, -0.15) is 8.61 Å². The summed E-state index contributed by atoms with van der Waals surface area (Å²) in [4.78, 5) is 10.8. The van der Waals surface area contributed by atoms with Crippen LogP contribution in [-0.4, -0.2) is 57.5 Å². The summed E-state index contributed by atoms with van der Waals surface area (Å²) in [7, 11) is -8.12. The van der Waals surface area contributed by atoms with Crippen molar-refractivity contribution in [1.29, 1.82) is 0 Å². The number of hydrogen-bond acceptors (Lipinski definition) is 5. The fourth-order valence-electron chi connectivity index (χ4n) is 3.08. The second kappa shape index (κ2) is 8.99. The number of nitrogens with zero attached hydrogens (tertiary/aromatic N) is 2. The van der Waals surface area contributed by atoms with Crippen LogP contribution in [0.15, 0.2) is 52.3 Å². The highest BCUT2D eigenvalue weighted by Crippen LogP contribution is 2.24. The molecule has 12 heteroatoms. The van der Waals surface area contributed by atoms with Gasteiger partial charge >= 0.3 is 0 Å². The van der Waals surface area contributed by atoms with Crippen molar-refractivity contribution >= 4 is 31.6 Å². The van der Waals surface area contributed by atoms with E-state index in [0.29, 0.717) is 11.8 Å². The average molecular weight is 474 g/mol. The van der Waals surface area contributed by atoms with Crippen molar-refractivity contribution in [3.05, 3.63) is 54.1 Å². The van der Waals surface area contributed by atoms with E-state index < -0.39 is 36.6 Å². The van der Waals surface area contributed by atoms with E-state index in [1.165, 1.54) is 24.3 Å². The van der Waals surface area contributed by atoms with Gasteiger partial charge in [0.05, 0.1) is 4.90 Å². The third-order valence-electron chi connectivity index (χ3n) is 4.81. The lowest BCUT2D eigenvalue weighted by atomic mass is 10.3. The first-order chi connectivity index (χ1) is 14.6. The molecule has 168 valence electrons. The van der Waals surface area contributed by atoms with E-state index >= 15 is 0 Å². The number of piperazine rings is 1. The van der Waals surface area contributed by atoms with Crippen LogP contribution in [-0.2, 0) is 24.8 Å². The minimum absolute atomic E-state index is 0.00267. The number of sulfonamides is 2. The summed E-state index contributed by atoms with van der Waals surface area (Å²) >= 11 is 0. The Morgan fingerprint density at radius 3 is 1.97 bits per heavy atom. The van der Waals surface area contributed by atoms with Gasteiger partial charge < -0.3 is 5.32 Å². The smallest absolute Gasteiger partial charge is 0.246 e. The normalized spacial score (nSPS) is 16.2. The summed E-state index contributed by atoms with van der Waals surface area (Å²) in [6.07, 6.45) is 0.287. The van der Waals surface area contributed by atoms with Gasteiger partial charge in [-0.1, -0.05) is 6.92 Å². The predicted molar refractivity (Wildman–Crippen MR) is 109 cm³/mol. The minimum Gasteiger partial charge on any atom is -0.326 e. The van der Waals surface area contributed by atoms with Gasteiger partial charge in [-0.15, -0.1) is 0 Å². The summed E-state index contributed by atoms with van der Waals surface area (Å²) < 4.78 is 80.2. The maximum Gasteiger partial charge on any atom is 0.246 e. The van der Waals surface area contributed by atoms with Gasteiger partial charge in [-0.05, 0) is 36.4 Å². The topological polar surface area (TPSA) is 104 Å². The van der Waals surface area contributed by atoms with Crippen LogP contribution in [0.1, 0.15) is 13.3 Å². The molecule has 1 fully saturated rings. The molecular weight excluding hydrogens is 452 g/mol. The third kappa shape index (κ3) is 4.92. The number of carbonyl (C=O) groups is 1. The van der Waals surface area contributed by atoms with Crippen LogP contribution in [0.4, 0.5) is 14.5 Å². The van der Waals surface area contributed by atoms with E-state index in [4.69, 9.17) is 0 Å². The Morgan fingerprint density at radius 2 is 1.45 bits per heavy atom. The monoisotopic (exact) mass is 473 g/mol. The first-order valence-electron chi connectivity index (χ1n) is 9.41. The number of nitrogens with one attached hydrogen (secondary N) is 1. The molecule has 2 aromatic rings. The van der Waals surface area contributed by atoms with Crippen LogP contribution in [0.2, 0.25) is 0 Å². The zero-order valence-electron chi connectivity index (χ0n) is 16.6. The minimum atomic E-state index is -4.23. The Hall–Kier alpha value is -2.41. The van der Waals surface area contributed by atoms with E-state index in [1.54, 1.807) is 6.92 Å². The van der Waals surface area contributed by atoms with Gasteiger partial charge in [0.25, 0.3) is 0 Å². The molecule has 1 aliphatic rings. The quantitative estimate of drug-likeness (QED) is 0.691. The molecular formula is C19H21F2N3O5S2. The first-order valence-corrected chi connectivity index (χ1v) is 12.3. The summed E-state index contributed by atoms with van der Waals surface area (Å²) in [5.74, 6) is -2.30. The van der Waals surface area contributed by atoms with Crippen LogP contribution in [0.3, 0.4) is 0 Å². The third-order valence-corrected chi connectivity index (χ3v) is 8.65. The summed E-state index contributed by atoms with van der Waals surface area (Å²) in [6, 6.07) is 7.84. The molecule has 0 aromatic heterocycles. The lowest BCUT2D eigenvalue weighted by Gasteiger charge is -2.33. The van der Waals surface area contributed by atoms with Crippen LogP contribution >= 0.6 is 0 Å². The van der Waals surface area contributed by atoms with Crippen molar-refractivity contribution in [3.63, 3.8) is 0 Å². The number of anilines is 1. The maximum atomic E-state index is 13.9. The molecule has 0 radical (unpaired) electrons. The van der Waals surface area contributed by atoms with Crippen molar-refractivity contribution in [3.8, 4) is 0 Å². The molecule has 0 atom stereocenters. The molecule has 0 spiro atoms. The van der Waals surface area contributed by atoms with E-state index in [2.05, 4.69) is 5.32 Å². The Labute approximate surface area is 179 Å². The second-order valence-corrected chi connectivity index (χ2v) is 10.7. The van der Waals surface area contributed by atoms with E-state index in [0.717, 1.165) is 20.7 Å². The van der Waals surface area contributed by atoms with Gasteiger partial charge in [0.2, 0.25) is 26.0 Å². The van der Waals surface area contributed by atoms with Crippen molar-refractivity contribution in [1.82, 2.24) is 8.61 Å². The van der Waals surface area contributed by atoms with Gasteiger partial charge in [-0.3, -0.25) is 4.79 Å². The number of benzene rings is 2. The molecule has 31 heavy (non-hydrogen) atoms. The zero-order chi connectivity index (χ0) is 22.8. The largest absolute Gasteiger partial charge is 0.326 e. The van der Waals surface area contributed by atoms with Crippen LogP contribution in [0, 0.1) is 11.6 Å². The predicted octanol–water partition coefficient (Wildman–Crippen LogP) is 2.01. The van der Waals surface area contributed by atoms with Crippen LogP contribution < -0.4 is 5.32 Å². The fraction of sp³-hybridized carbons (Fsp3) is 0.316. The van der Waals surface area contributed by atoms with Crippen LogP contribution in [0.5, 0.6) is 0 Å². The molecule has 1 N–H and O–H groups in total. The van der Waals surface area contributed by atoms with Crippen molar-refractivity contribution < 1.29 is 30.4 Å². The molecule has 0 saturated carbocycles. The molecule has 0 unspecified atom stereocenters. The van der Waals surface area contributed by atoms with Gasteiger partial charge in [0.15, 0.2) is 0 Å². The zero-order valence-corrected chi connectivity index (χ0v) is 18.2. The molecule has 2 aromatic carbocycles. The Balaban J connectivity index is 1.71. The number of carbonyl (C=O) groups excluding carboxylic acids is 1. The number of halogens is 2. The van der Waals surface area contributed by atoms with Crippen molar-refractivity contribution in [2.24, 2.45) is 0 Å². The number of rotatable bonds is 6. The molecule has 8 nitrogen and oxygen atoms in total. The average Bonchev–Trinajstić information content (AvgIpc) is 2.74. The van der Waals surface area contributed by atoms with E-state index in [1.807, 2.05) is 0 Å². The van der Waals surface area contributed by atoms with Gasteiger partial charge in [0, 0.05) is 44.4 Å². The van der Waals surface area contributed by atoms with Crippen molar-refractivity contribution in [2.45, 2.75) is 23.1 Å². The van der Waals surface area contributed by atoms with Crippen LogP contribution in [0.25, 0.3) is 0 Å². The summed E-state index contributed by atoms with van der Waals surface area (Å²) in [6.45, 7) is 1.09. The Morgan fingerprint density at radius 1 is 0.903 bits per heavy atom. The Bertz CT molecular complexity index is 1180. The lowest BCUT2D eigenvalue weighted by molar-refractivity contribution is -0.115. The molecule has 1 aliphatic heterocycles. The lowest BCUT2D eigenvalue weighted by Crippen LogP contribution is -2.50. The highest BCUT2D eigenvalue weighted by Gasteiger charge is 2.35. The van der Waals surface area contributed by atoms with Crippen molar-refractivity contribution in [2.75, 3.05) is 31.5 Å². The van der Waals surface area contributed by atoms with Gasteiger partial charge in [0.1, 0.15) is 16.5 Å². The van der Waals surface area contributed by atoms with Gasteiger partial charge in [-0.25, -0.2) is 25.6 Å². The molecule has 0 aliphatic carbocycles. The highest BCUT2D eigenvalue weighted by molar-refractivity contribution is 7.89. The summed E-state index contributed by atoms with van der Waals surface area (Å²) in [5, 5.41) is 2.62. The fourth-order valence-corrected chi connectivity index (χ4v) is 5.97. The Kier molecular flexibility index (Phi) is 6.74. The van der Waals surface area contributed by atoms with E-state index in [-0.39, 0.29) is 43.4 Å². The molecule has 3 rings (SSSR count). The molecule has 0 bridgehead atoms. The SMILES string of the molecule is CCC(=O)Nc1ccc(S(=O)(=O)N2CCN(S(=O)(=O)c3ccc(F)cc3F)CC2)cc1. The molecule has 1 heterocycles. The second-order valence-electron chi connectivity index (χ2n) is 6.81. The number of hydrogen-bond donors (Lipinski definition) is 1. The highest BCUT2D eigenvalue weighted by atomic mass is 32.2. The standard InChI is InChI=1S/C19H21F2N3O5S2/c1-2-19(25)22-15-4-6-16(7-5-15)30(26,27)23-9-11-24(12-10-23)31(28,29)18-8-3-14(20)13-17(18)21/h3-8,13H,2,9-12H2,1H3,(H,22,25).